The molecule has 0 atom stereocenters. The van der Waals surface area contributed by atoms with Gasteiger partial charge >= 0.3 is 0 Å². The van der Waals surface area contributed by atoms with Crippen LogP contribution in [0.15, 0.2) is 47.4 Å². The molecule has 2 nitrogen and oxygen atoms in total. The molecule has 2 rings (SSSR count). The lowest BCUT2D eigenvalue weighted by Crippen LogP contribution is -1.89. The van der Waals surface area contributed by atoms with Crippen LogP contribution < -0.4 is 11.5 Å². The van der Waals surface area contributed by atoms with Crippen LogP contribution in [0.5, 0.6) is 0 Å². The van der Waals surface area contributed by atoms with E-state index in [0.29, 0.717) is 0 Å². The molecule has 0 amide bonds. The van der Waals surface area contributed by atoms with E-state index in [9.17, 15) is 0 Å². The van der Waals surface area contributed by atoms with Crippen molar-refractivity contribution < 1.29 is 0 Å². The minimum Gasteiger partial charge on any atom is -0.399 e. The molecule has 2 aromatic carbocycles. The molecule has 0 spiro atoms. The fourth-order valence-electron chi connectivity index (χ4n) is 1.71. The average molecular weight is 244 g/mol. The van der Waals surface area contributed by atoms with Gasteiger partial charge in [-0.1, -0.05) is 19.1 Å². The molecule has 0 saturated carbocycles. The first kappa shape index (κ1) is 11.9. The van der Waals surface area contributed by atoms with Crippen molar-refractivity contribution in [2.75, 3.05) is 17.2 Å². The number of benzene rings is 2. The lowest BCUT2D eigenvalue weighted by molar-refractivity contribution is 1.42. The van der Waals surface area contributed by atoms with Crippen molar-refractivity contribution in [3.63, 3.8) is 0 Å². The molecule has 0 unspecified atom stereocenters. The molecule has 3 heteroatoms. The quantitative estimate of drug-likeness (QED) is 0.640. The molecule has 0 aliphatic heterocycles. The van der Waals surface area contributed by atoms with E-state index in [4.69, 9.17) is 11.5 Å². The first-order valence-corrected chi connectivity index (χ1v) is 6.57. The Kier molecular flexibility index (Phi) is 3.59. The topological polar surface area (TPSA) is 52.0 Å². The Morgan fingerprint density at radius 1 is 0.882 bits per heavy atom. The summed E-state index contributed by atoms with van der Waals surface area (Å²) in [6.07, 6.45) is 0. The number of anilines is 2. The van der Waals surface area contributed by atoms with Crippen LogP contribution in [-0.4, -0.2) is 5.75 Å². The minimum atomic E-state index is 0.779. The van der Waals surface area contributed by atoms with Crippen molar-refractivity contribution in [3.8, 4) is 11.1 Å². The second kappa shape index (κ2) is 5.15. The largest absolute Gasteiger partial charge is 0.399 e. The number of hydrogen-bond donors (Lipinski definition) is 2. The molecule has 0 heterocycles. The Morgan fingerprint density at radius 2 is 1.59 bits per heavy atom. The van der Waals surface area contributed by atoms with Gasteiger partial charge in [0.2, 0.25) is 0 Å². The van der Waals surface area contributed by atoms with Crippen LogP contribution >= 0.6 is 11.8 Å². The van der Waals surface area contributed by atoms with Crippen LogP contribution in [-0.2, 0) is 0 Å². The predicted molar refractivity (Wildman–Crippen MR) is 77.1 cm³/mol. The molecule has 0 aliphatic rings. The highest BCUT2D eigenvalue weighted by molar-refractivity contribution is 7.99. The minimum absolute atomic E-state index is 0.779. The maximum atomic E-state index is 5.92. The standard InChI is InChI=1S/C14H16N2S/c1-2-17-14-8-11(7-13(16)9-14)10-3-5-12(15)6-4-10/h3-9H,2,15-16H2,1H3. The second-order valence-electron chi connectivity index (χ2n) is 3.85. The summed E-state index contributed by atoms with van der Waals surface area (Å²) in [5.74, 6) is 1.05. The number of rotatable bonds is 3. The zero-order chi connectivity index (χ0) is 12.3. The van der Waals surface area contributed by atoms with Crippen LogP contribution in [0.25, 0.3) is 11.1 Å². The molecule has 88 valence electrons. The highest BCUT2D eigenvalue weighted by atomic mass is 32.2. The van der Waals surface area contributed by atoms with E-state index in [1.165, 1.54) is 4.90 Å². The summed E-state index contributed by atoms with van der Waals surface area (Å²) in [6.45, 7) is 2.14. The van der Waals surface area contributed by atoms with Crippen molar-refractivity contribution in [1.82, 2.24) is 0 Å². The number of thioether (sulfide) groups is 1. The third-order valence-electron chi connectivity index (χ3n) is 2.48. The van der Waals surface area contributed by atoms with Crippen LogP contribution in [0.4, 0.5) is 11.4 Å². The van der Waals surface area contributed by atoms with E-state index in [0.717, 1.165) is 28.3 Å². The summed E-state index contributed by atoms with van der Waals surface area (Å²) < 4.78 is 0. The zero-order valence-electron chi connectivity index (χ0n) is 9.81. The van der Waals surface area contributed by atoms with Gasteiger partial charge in [-0.3, -0.25) is 0 Å². The smallest absolute Gasteiger partial charge is 0.0331 e. The van der Waals surface area contributed by atoms with Crippen LogP contribution in [0.1, 0.15) is 6.92 Å². The molecule has 0 radical (unpaired) electrons. The summed E-state index contributed by atoms with van der Waals surface area (Å²) >= 11 is 1.80. The summed E-state index contributed by atoms with van der Waals surface area (Å²) in [5, 5.41) is 0. The zero-order valence-corrected chi connectivity index (χ0v) is 10.6. The Labute approximate surface area is 106 Å². The summed E-state index contributed by atoms with van der Waals surface area (Å²) in [4.78, 5) is 1.21. The van der Waals surface area contributed by atoms with Crippen molar-refractivity contribution >= 4 is 23.1 Å². The first-order chi connectivity index (χ1) is 8.19. The summed E-state index contributed by atoms with van der Waals surface area (Å²) in [5.41, 5.74) is 15.5. The van der Waals surface area contributed by atoms with Gasteiger partial charge in [0.15, 0.2) is 0 Å². The Balaban J connectivity index is 2.40. The fourth-order valence-corrected chi connectivity index (χ4v) is 2.48. The third kappa shape index (κ3) is 2.94. The number of nitrogens with two attached hydrogens (primary N) is 2. The highest BCUT2D eigenvalue weighted by Gasteiger charge is 2.02. The molecule has 0 bridgehead atoms. The molecule has 0 aromatic heterocycles. The van der Waals surface area contributed by atoms with Crippen molar-refractivity contribution in [3.05, 3.63) is 42.5 Å². The van der Waals surface area contributed by atoms with Gasteiger partial charge < -0.3 is 11.5 Å². The number of nitrogen functional groups attached to an aromatic ring is 2. The van der Waals surface area contributed by atoms with Gasteiger partial charge in [0.25, 0.3) is 0 Å². The predicted octanol–water partition coefficient (Wildman–Crippen LogP) is 3.63. The lowest BCUT2D eigenvalue weighted by atomic mass is 10.0. The fraction of sp³-hybridized carbons (Fsp3) is 0.143. The third-order valence-corrected chi connectivity index (χ3v) is 3.34. The van der Waals surface area contributed by atoms with Crippen molar-refractivity contribution in [2.45, 2.75) is 11.8 Å². The van der Waals surface area contributed by atoms with E-state index in [2.05, 4.69) is 13.0 Å². The second-order valence-corrected chi connectivity index (χ2v) is 5.18. The molecular weight excluding hydrogens is 228 g/mol. The molecule has 2 aromatic rings. The first-order valence-electron chi connectivity index (χ1n) is 5.58. The van der Waals surface area contributed by atoms with Gasteiger partial charge in [-0.05, 0) is 47.2 Å². The lowest BCUT2D eigenvalue weighted by Gasteiger charge is -2.07. The SMILES string of the molecule is CCSc1cc(N)cc(-c2ccc(N)cc2)c1. The maximum Gasteiger partial charge on any atom is 0.0331 e. The van der Waals surface area contributed by atoms with Gasteiger partial charge in [0.1, 0.15) is 0 Å². The van der Waals surface area contributed by atoms with Crippen molar-refractivity contribution in [2.24, 2.45) is 0 Å². The van der Waals surface area contributed by atoms with Crippen LogP contribution in [0.3, 0.4) is 0 Å². The maximum absolute atomic E-state index is 5.92. The average Bonchev–Trinajstić information content (AvgIpc) is 2.29. The summed E-state index contributed by atoms with van der Waals surface area (Å²) in [6, 6.07) is 14.0. The van der Waals surface area contributed by atoms with Crippen LogP contribution in [0.2, 0.25) is 0 Å². The van der Waals surface area contributed by atoms with E-state index in [1.807, 2.05) is 36.4 Å². The van der Waals surface area contributed by atoms with Gasteiger partial charge in [-0.2, -0.15) is 0 Å². The van der Waals surface area contributed by atoms with E-state index >= 15 is 0 Å². The van der Waals surface area contributed by atoms with Gasteiger partial charge in [-0.25, -0.2) is 0 Å². The molecule has 0 saturated heterocycles. The Bertz CT molecular complexity index is 506. The Morgan fingerprint density at radius 3 is 2.24 bits per heavy atom. The van der Waals surface area contributed by atoms with Crippen LogP contribution in [0, 0.1) is 0 Å². The molecule has 0 fully saturated rings. The van der Waals surface area contributed by atoms with E-state index in [-0.39, 0.29) is 0 Å². The van der Waals surface area contributed by atoms with E-state index < -0.39 is 0 Å². The molecule has 0 aliphatic carbocycles. The number of hydrogen-bond acceptors (Lipinski definition) is 3. The van der Waals surface area contributed by atoms with Crippen molar-refractivity contribution in [1.29, 1.82) is 0 Å². The monoisotopic (exact) mass is 244 g/mol. The van der Waals surface area contributed by atoms with Gasteiger partial charge in [-0.15, -0.1) is 11.8 Å². The highest BCUT2D eigenvalue weighted by Crippen LogP contribution is 2.29. The summed E-state index contributed by atoms with van der Waals surface area (Å²) in [7, 11) is 0. The Hall–Kier alpha value is -1.61. The normalized spacial score (nSPS) is 10.4. The van der Waals surface area contributed by atoms with Gasteiger partial charge in [0.05, 0.1) is 0 Å². The van der Waals surface area contributed by atoms with E-state index in [1.54, 1.807) is 11.8 Å². The van der Waals surface area contributed by atoms with Gasteiger partial charge in [0, 0.05) is 16.3 Å². The molecular formula is C14H16N2S. The molecule has 17 heavy (non-hydrogen) atoms. The molecule has 4 N–H and O–H groups in total.